The fraction of sp³-hybridized carbons (Fsp3) is 1.00. The topological polar surface area (TPSA) is 44.7 Å². The predicted octanol–water partition coefficient (Wildman–Crippen LogP) is 3.73. The van der Waals surface area contributed by atoms with Crippen molar-refractivity contribution in [1.29, 1.82) is 0 Å². The van der Waals surface area contributed by atoms with E-state index in [1.54, 1.807) is 0 Å². The van der Waals surface area contributed by atoms with Gasteiger partial charge in [0.1, 0.15) is 0 Å². The van der Waals surface area contributed by atoms with Gasteiger partial charge < -0.3 is 14.9 Å². The van der Waals surface area contributed by atoms with Gasteiger partial charge in [-0.3, -0.25) is 0 Å². The average molecular weight is 327 g/mol. The smallest absolute Gasteiger partial charge is 0.207 e. The molecule has 1 aliphatic rings. The summed E-state index contributed by atoms with van der Waals surface area (Å²) in [5.74, 6) is 0. The van der Waals surface area contributed by atoms with Crippen molar-refractivity contribution in [3.63, 3.8) is 0 Å². The van der Waals surface area contributed by atoms with Gasteiger partial charge in [-0.05, 0) is 58.3 Å². The normalized spacial score (nSPS) is 25.5. The lowest BCUT2D eigenvalue weighted by Gasteiger charge is -2.36. The molecule has 0 aromatic rings. The summed E-state index contributed by atoms with van der Waals surface area (Å²) in [6, 6.07) is 1.04. The van der Waals surface area contributed by atoms with E-state index in [9.17, 15) is 0 Å². The van der Waals surface area contributed by atoms with Gasteiger partial charge in [0, 0.05) is 18.6 Å². The number of nitrogens with one attached hydrogen (secondary N) is 1. The molecule has 1 heterocycles. The minimum absolute atomic E-state index is 0.170. The Hall–Kier alpha value is 0.560. The molecule has 0 amide bonds. The molecule has 0 aromatic carbocycles. The van der Waals surface area contributed by atoms with Gasteiger partial charge in [-0.25, -0.2) is 4.67 Å². The maximum Gasteiger partial charge on any atom is 0.207 e. The van der Waals surface area contributed by atoms with Gasteiger partial charge in [-0.1, -0.05) is 13.8 Å². The molecule has 1 unspecified atom stereocenters. The molecule has 6 heteroatoms. The van der Waals surface area contributed by atoms with Crippen LogP contribution in [0.15, 0.2) is 0 Å². The van der Waals surface area contributed by atoms with Crippen LogP contribution in [-0.4, -0.2) is 47.2 Å². The SMILES string of the molecule is CC(C)N1CC[C@@H](C)OP1Cl.CC(C)NCC[C@@H](C)O. The summed E-state index contributed by atoms with van der Waals surface area (Å²) in [6.07, 6.45) is 2.12. The molecule has 0 aromatic heterocycles. The maximum absolute atomic E-state index is 8.83. The molecule has 0 spiro atoms. The summed E-state index contributed by atoms with van der Waals surface area (Å²) in [4.78, 5) is 0. The first kappa shape index (κ1) is 20.6. The molecule has 4 nitrogen and oxygen atoms in total. The molecule has 0 radical (unpaired) electrons. The van der Waals surface area contributed by atoms with Crippen molar-refractivity contribution in [2.24, 2.45) is 0 Å². The fourth-order valence-electron chi connectivity index (χ4n) is 1.68. The van der Waals surface area contributed by atoms with Crippen LogP contribution in [0.2, 0.25) is 0 Å². The molecule has 1 rings (SSSR count). The molecule has 3 atom stereocenters. The number of halogens is 1. The van der Waals surface area contributed by atoms with Crippen molar-refractivity contribution in [2.75, 3.05) is 13.1 Å². The molecular formula is C14H32ClN2O2P. The molecule has 2 N–H and O–H groups in total. The zero-order chi connectivity index (χ0) is 15.7. The lowest BCUT2D eigenvalue weighted by molar-refractivity contribution is 0.161. The second-order valence-electron chi connectivity index (χ2n) is 5.93. The molecule has 1 fully saturated rings. The number of nitrogens with zero attached hydrogens (tertiary/aromatic N) is 1. The van der Waals surface area contributed by atoms with E-state index in [1.165, 1.54) is 0 Å². The van der Waals surface area contributed by atoms with E-state index in [2.05, 4.69) is 44.6 Å². The largest absolute Gasteiger partial charge is 0.393 e. The first-order valence-corrected chi connectivity index (χ1v) is 9.66. The van der Waals surface area contributed by atoms with Crippen LogP contribution in [0.3, 0.4) is 0 Å². The van der Waals surface area contributed by atoms with Crippen LogP contribution in [-0.2, 0) is 4.52 Å². The van der Waals surface area contributed by atoms with Gasteiger partial charge in [-0.15, -0.1) is 0 Å². The molecular weight excluding hydrogens is 295 g/mol. The number of aliphatic hydroxyl groups excluding tert-OH is 1. The molecule has 0 saturated carbocycles. The molecule has 122 valence electrons. The third kappa shape index (κ3) is 10.3. The van der Waals surface area contributed by atoms with E-state index in [-0.39, 0.29) is 6.10 Å². The molecule has 0 aliphatic carbocycles. The molecule has 20 heavy (non-hydrogen) atoms. The molecule has 1 saturated heterocycles. The lowest BCUT2D eigenvalue weighted by Crippen LogP contribution is -2.33. The Morgan fingerprint density at radius 1 is 1.35 bits per heavy atom. The Bertz CT molecular complexity index is 235. The summed E-state index contributed by atoms with van der Waals surface area (Å²) in [5.41, 5.74) is 0. The monoisotopic (exact) mass is 326 g/mol. The maximum atomic E-state index is 8.83. The van der Waals surface area contributed by atoms with Crippen molar-refractivity contribution in [2.45, 2.75) is 78.7 Å². The van der Waals surface area contributed by atoms with Crippen LogP contribution in [0.5, 0.6) is 0 Å². The summed E-state index contributed by atoms with van der Waals surface area (Å²) in [5, 5.41) is 12.0. The number of hydrogen-bond donors (Lipinski definition) is 2. The minimum Gasteiger partial charge on any atom is -0.393 e. The van der Waals surface area contributed by atoms with E-state index < -0.39 is 7.65 Å². The Kier molecular flexibility index (Phi) is 11.5. The highest BCUT2D eigenvalue weighted by Crippen LogP contribution is 2.51. The summed E-state index contributed by atoms with van der Waals surface area (Å²) < 4.78 is 7.74. The first-order valence-electron chi connectivity index (χ1n) is 7.54. The van der Waals surface area contributed by atoms with E-state index >= 15 is 0 Å². The van der Waals surface area contributed by atoms with Crippen LogP contribution >= 0.6 is 18.9 Å². The van der Waals surface area contributed by atoms with Crippen molar-refractivity contribution in [3.8, 4) is 0 Å². The fourth-order valence-corrected chi connectivity index (χ4v) is 3.99. The van der Waals surface area contributed by atoms with Crippen LogP contribution < -0.4 is 5.32 Å². The highest BCUT2D eigenvalue weighted by Gasteiger charge is 2.27. The highest BCUT2D eigenvalue weighted by molar-refractivity contribution is 7.78. The average Bonchev–Trinajstić information content (AvgIpc) is 2.27. The summed E-state index contributed by atoms with van der Waals surface area (Å²) >= 11 is 6.04. The van der Waals surface area contributed by atoms with Gasteiger partial charge in [0.2, 0.25) is 7.65 Å². The Labute approximate surface area is 130 Å². The second-order valence-corrected chi connectivity index (χ2v) is 7.98. The number of rotatable bonds is 5. The summed E-state index contributed by atoms with van der Waals surface area (Å²) in [6.45, 7) is 14.4. The Morgan fingerprint density at radius 3 is 2.35 bits per heavy atom. The van der Waals surface area contributed by atoms with Crippen LogP contribution in [0.1, 0.15) is 54.4 Å². The predicted molar refractivity (Wildman–Crippen MR) is 89.2 cm³/mol. The van der Waals surface area contributed by atoms with E-state index in [1.807, 2.05) is 6.92 Å². The van der Waals surface area contributed by atoms with Gasteiger partial charge in [0.15, 0.2) is 0 Å². The van der Waals surface area contributed by atoms with Crippen molar-refractivity contribution in [1.82, 2.24) is 9.99 Å². The van der Waals surface area contributed by atoms with Gasteiger partial charge in [0.05, 0.1) is 12.2 Å². The van der Waals surface area contributed by atoms with Crippen LogP contribution in [0, 0.1) is 0 Å². The standard InChI is InChI=1S/C7H15ClNOP.C7H17NO/c1-6(2)9-5-4-7(3)10-11(9)8;1-6(2)8-5-4-7(3)9/h6-7H,4-5H2,1-3H3;6-9H,4-5H2,1-3H3/t7-,11?;7-/m11/s1. The highest BCUT2D eigenvalue weighted by atomic mass is 35.7. The Balaban J connectivity index is 0.000000370. The quantitative estimate of drug-likeness (QED) is 0.756. The molecule has 1 aliphatic heterocycles. The van der Waals surface area contributed by atoms with Gasteiger partial charge in [-0.2, -0.15) is 0 Å². The van der Waals surface area contributed by atoms with Crippen molar-refractivity contribution >= 4 is 18.9 Å². The van der Waals surface area contributed by atoms with E-state index in [4.69, 9.17) is 20.9 Å². The third-order valence-electron chi connectivity index (χ3n) is 2.94. The van der Waals surface area contributed by atoms with Gasteiger partial charge in [0.25, 0.3) is 0 Å². The lowest BCUT2D eigenvalue weighted by atomic mass is 10.2. The van der Waals surface area contributed by atoms with Crippen molar-refractivity contribution < 1.29 is 9.63 Å². The zero-order valence-electron chi connectivity index (χ0n) is 13.8. The Morgan fingerprint density at radius 2 is 1.95 bits per heavy atom. The third-order valence-corrected chi connectivity index (χ3v) is 5.37. The van der Waals surface area contributed by atoms with Crippen LogP contribution in [0.4, 0.5) is 0 Å². The van der Waals surface area contributed by atoms with E-state index in [0.29, 0.717) is 18.2 Å². The second kappa shape index (κ2) is 11.2. The summed E-state index contributed by atoms with van der Waals surface area (Å²) in [7, 11) is -0.828. The van der Waals surface area contributed by atoms with Gasteiger partial charge >= 0.3 is 0 Å². The minimum atomic E-state index is -0.828. The van der Waals surface area contributed by atoms with Crippen molar-refractivity contribution in [3.05, 3.63) is 0 Å². The van der Waals surface area contributed by atoms with Crippen LogP contribution in [0.25, 0.3) is 0 Å². The number of aliphatic hydroxyl groups is 1. The number of hydrogen-bond acceptors (Lipinski definition) is 4. The molecule has 0 bridgehead atoms. The zero-order valence-corrected chi connectivity index (χ0v) is 15.4. The first-order chi connectivity index (χ1) is 9.23. The van der Waals surface area contributed by atoms with E-state index in [0.717, 1.165) is 25.9 Å².